The number of benzene rings is 2. The van der Waals surface area contributed by atoms with Gasteiger partial charge in [-0.05, 0) is 54.8 Å². The van der Waals surface area contributed by atoms with E-state index < -0.39 is 5.91 Å². The molecule has 31 heavy (non-hydrogen) atoms. The summed E-state index contributed by atoms with van der Waals surface area (Å²) in [6, 6.07) is 15.3. The van der Waals surface area contributed by atoms with Crippen molar-refractivity contribution in [2.45, 2.75) is 20.3 Å². The Labute approximate surface area is 185 Å². The molecular formula is C24H23N3O3S. The number of amides is 1. The van der Waals surface area contributed by atoms with E-state index in [1.165, 1.54) is 23.0 Å². The molecule has 3 rings (SSSR count). The van der Waals surface area contributed by atoms with E-state index in [9.17, 15) is 10.1 Å². The minimum Gasteiger partial charge on any atom is -0.493 e. The number of aryl methyl sites for hydroxylation is 2. The van der Waals surface area contributed by atoms with Gasteiger partial charge in [-0.25, -0.2) is 4.98 Å². The van der Waals surface area contributed by atoms with Crippen LogP contribution in [0.25, 0.3) is 6.08 Å². The molecule has 0 saturated carbocycles. The number of hydrogen-bond acceptors (Lipinski definition) is 6. The topological polar surface area (TPSA) is 84.2 Å². The Morgan fingerprint density at radius 2 is 1.94 bits per heavy atom. The first-order valence-corrected chi connectivity index (χ1v) is 10.7. The van der Waals surface area contributed by atoms with Crippen LogP contribution in [0.3, 0.4) is 0 Å². The third-order valence-electron chi connectivity index (χ3n) is 4.37. The molecule has 1 heterocycles. The van der Waals surface area contributed by atoms with Crippen LogP contribution in [-0.2, 0) is 4.79 Å². The maximum absolute atomic E-state index is 12.2. The van der Waals surface area contributed by atoms with Gasteiger partial charge in [0.25, 0.3) is 5.91 Å². The smallest absolute Gasteiger partial charge is 0.268 e. The van der Waals surface area contributed by atoms with E-state index in [-0.39, 0.29) is 5.57 Å². The molecule has 0 aliphatic rings. The average molecular weight is 434 g/mol. The number of thiazole rings is 1. The van der Waals surface area contributed by atoms with Crippen LogP contribution in [0.5, 0.6) is 11.5 Å². The lowest BCUT2D eigenvalue weighted by molar-refractivity contribution is -0.112. The molecule has 1 amide bonds. The molecule has 7 heteroatoms. The number of anilines is 1. The predicted octanol–water partition coefficient (Wildman–Crippen LogP) is 5.15. The van der Waals surface area contributed by atoms with E-state index in [4.69, 9.17) is 9.47 Å². The summed E-state index contributed by atoms with van der Waals surface area (Å²) in [6.07, 6.45) is 3.87. The minimum absolute atomic E-state index is 0.00691. The van der Waals surface area contributed by atoms with Gasteiger partial charge in [0.05, 0.1) is 13.2 Å². The molecule has 0 spiro atoms. The van der Waals surface area contributed by atoms with Gasteiger partial charge in [0.2, 0.25) is 0 Å². The quantitative estimate of drug-likeness (QED) is 0.286. The maximum atomic E-state index is 12.2. The number of carbonyl (C=O) groups is 1. The molecule has 0 saturated heterocycles. The van der Waals surface area contributed by atoms with Crippen LogP contribution in [0, 0.1) is 25.2 Å². The summed E-state index contributed by atoms with van der Waals surface area (Å²) >= 11 is 1.29. The molecule has 0 atom stereocenters. The Hall–Kier alpha value is -3.63. The number of nitriles is 1. The molecule has 1 N–H and O–H groups in total. The van der Waals surface area contributed by atoms with Gasteiger partial charge in [-0.15, -0.1) is 11.3 Å². The molecule has 0 unspecified atom stereocenters. The van der Waals surface area contributed by atoms with Crippen LogP contribution < -0.4 is 14.8 Å². The van der Waals surface area contributed by atoms with Crippen molar-refractivity contribution in [3.63, 3.8) is 0 Å². The molecule has 1 aromatic heterocycles. The Bertz CT molecular complexity index is 1080. The van der Waals surface area contributed by atoms with Crippen molar-refractivity contribution in [1.29, 1.82) is 5.26 Å². The number of nitrogens with zero attached hydrogens (tertiary/aromatic N) is 2. The van der Waals surface area contributed by atoms with Crippen molar-refractivity contribution in [2.24, 2.45) is 0 Å². The number of aromatic nitrogens is 1. The van der Waals surface area contributed by atoms with E-state index in [1.54, 1.807) is 23.7 Å². The second-order valence-corrected chi connectivity index (χ2v) is 7.74. The van der Waals surface area contributed by atoms with Gasteiger partial charge >= 0.3 is 0 Å². The highest BCUT2D eigenvalue weighted by Gasteiger charge is 2.10. The molecule has 3 aromatic rings. The van der Waals surface area contributed by atoms with Crippen LogP contribution in [0.4, 0.5) is 5.13 Å². The van der Waals surface area contributed by atoms with Gasteiger partial charge in [0.1, 0.15) is 23.1 Å². The third-order valence-corrected chi connectivity index (χ3v) is 5.06. The summed E-state index contributed by atoms with van der Waals surface area (Å²) in [7, 11) is 0. The fraction of sp³-hybridized carbons (Fsp3) is 0.208. The second kappa shape index (κ2) is 11.0. The lowest BCUT2D eigenvalue weighted by atomic mass is 10.1. The van der Waals surface area contributed by atoms with E-state index >= 15 is 0 Å². The third kappa shape index (κ3) is 6.69. The first-order chi connectivity index (χ1) is 15.0. The normalized spacial score (nSPS) is 10.9. The Morgan fingerprint density at radius 3 is 2.65 bits per heavy atom. The lowest BCUT2D eigenvalue weighted by Gasteiger charge is -2.11. The van der Waals surface area contributed by atoms with Crippen molar-refractivity contribution in [1.82, 2.24) is 4.98 Å². The summed E-state index contributed by atoms with van der Waals surface area (Å²) in [5.41, 5.74) is 3.03. The molecule has 2 aromatic carbocycles. The van der Waals surface area contributed by atoms with Gasteiger partial charge in [0.15, 0.2) is 5.13 Å². The summed E-state index contributed by atoms with van der Waals surface area (Å²) in [6.45, 7) is 5.17. The predicted molar refractivity (Wildman–Crippen MR) is 122 cm³/mol. The van der Waals surface area contributed by atoms with Crippen molar-refractivity contribution < 1.29 is 14.3 Å². The Balaban J connectivity index is 1.47. The van der Waals surface area contributed by atoms with Crippen LogP contribution in [0.1, 0.15) is 23.1 Å². The maximum Gasteiger partial charge on any atom is 0.268 e. The highest BCUT2D eigenvalue weighted by atomic mass is 32.1. The van der Waals surface area contributed by atoms with Crippen LogP contribution in [0.2, 0.25) is 0 Å². The zero-order valence-electron chi connectivity index (χ0n) is 17.4. The molecule has 6 nitrogen and oxygen atoms in total. The monoisotopic (exact) mass is 433 g/mol. The van der Waals surface area contributed by atoms with Gasteiger partial charge in [0, 0.05) is 18.0 Å². The number of rotatable bonds is 9. The fourth-order valence-electron chi connectivity index (χ4n) is 2.72. The Morgan fingerprint density at radius 1 is 1.16 bits per heavy atom. The van der Waals surface area contributed by atoms with Crippen LogP contribution in [-0.4, -0.2) is 24.1 Å². The van der Waals surface area contributed by atoms with Crippen molar-refractivity contribution in [3.05, 3.63) is 76.3 Å². The van der Waals surface area contributed by atoms with Gasteiger partial charge < -0.3 is 9.47 Å². The fourth-order valence-corrected chi connectivity index (χ4v) is 3.24. The summed E-state index contributed by atoms with van der Waals surface area (Å²) in [5, 5.41) is 14.1. The summed E-state index contributed by atoms with van der Waals surface area (Å²) < 4.78 is 11.6. The van der Waals surface area contributed by atoms with Crippen LogP contribution in [0.15, 0.2) is 59.6 Å². The molecule has 0 bridgehead atoms. The van der Waals surface area contributed by atoms with E-state index in [2.05, 4.69) is 22.4 Å². The highest BCUT2D eigenvalue weighted by molar-refractivity contribution is 7.13. The number of nitrogens with one attached hydrogen (secondary N) is 1. The zero-order chi connectivity index (χ0) is 22.1. The van der Waals surface area contributed by atoms with E-state index in [1.807, 2.05) is 38.1 Å². The molecule has 158 valence electrons. The molecule has 0 radical (unpaired) electrons. The Kier molecular flexibility index (Phi) is 7.79. The van der Waals surface area contributed by atoms with E-state index in [0.717, 1.165) is 29.0 Å². The lowest BCUT2D eigenvalue weighted by Crippen LogP contribution is -2.13. The molecule has 0 aliphatic heterocycles. The zero-order valence-corrected chi connectivity index (χ0v) is 18.2. The van der Waals surface area contributed by atoms with Gasteiger partial charge in [-0.1, -0.05) is 24.3 Å². The molecular weight excluding hydrogens is 410 g/mol. The van der Waals surface area contributed by atoms with Gasteiger partial charge in [-0.2, -0.15) is 5.26 Å². The summed E-state index contributed by atoms with van der Waals surface area (Å²) in [5.74, 6) is 1.14. The first-order valence-electron chi connectivity index (χ1n) is 9.81. The molecule has 0 fully saturated rings. The summed E-state index contributed by atoms with van der Waals surface area (Å²) in [4.78, 5) is 16.2. The highest BCUT2D eigenvalue weighted by Crippen LogP contribution is 2.20. The average Bonchev–Trinajstić information content (AvgIpc) is 3.28. The van der Waals surface area contributed by atoms with E-state index in [0.29, 0.717) is 18.3 Å². The van der Waals surface area contributed by atoms with Gasteiger partial charge in [-0.3, -0.25) is 10.1 Å². The molecule has 0 aliphatic carbocycles. The van der Waals surface area contributed by atoms with Crippen molar-refractivity contribution >= 4 is 28.5 Å². The van der Waals surface area contributed by atoms with Crippen molar-refractivity contribution in [2.75, 3.05) is 18.5 Å². The first kappa shape index (κ1) is 22.1. The number of hydrogen-bond donors (Lipinski definition) is 1. The largest absolute Gasteiger partial charge is 0.493 e. The minimum atomic E-state index is -0.485. The SMILES string of the molecule is Cc1ccc(C)c(OCCCOc2ccc(/C=C(/C#N)C(=O)Nc3nccs3)cc2)c1. The van der Waals surface area contributed by atoms with Crippen molar-refractivity contribution in [3.8, 4) is 17.6 Å². The van der Waals surface area contributed by atoms with Crippen LogP contribution >= 0.6 is 11.3 Å². The second-order valence-electron chi connectivity index (χ2n) is 6.85. The number of ether oxygens (including phenoxy) is 2. The standard InChI is InChI=1S/C24H23N3O3S/c1-17-4-5-18(2)22(14-17)30-12-3-11-29-21-8-6-19(7-9-21)15-20(16-25)23(28)27-24-26-10-13-31-24/h4-10,13-15H,3,11-12H2,1-2H3,(H,26,27,28)/b20-15-. The number of carbonyl (C=O) groups excluding carboxylic acids is 1.